The number of carbonyl (C=O) groups excluding carboxylic acids is 2. The molecule has 0 aliphatic carbocycles. The van der Waals surface area contributed by atoms with Gasteiger partial charge in [-0.15, -0.1) is 0 Å². The minimum Gasteiger partial charge on any atom is -0.355 e. The number of nitriles is 1. The first-order valence-corrected chi connectivity index (χ1v) is 7.90. The van der Waals surface area contributed by atoms with Crippen molar-refractivity contribution in [3.63, 3.8) is 0 Å². The number of carbonyl (C=O) groups is 2. The number of anilines is 1. The van der Waals surface area contributed by atoms with Crippen LogP contribution in [0.5, 0.6) is 0 Å². The van der Waals surface area contributed by atoms with E-state index in [4.69, 9.17) is 23.2 Å². The van der Waals surface area contributed by atoms with Gasteiger partial charge >= 0.3 is 0 Å². The molecule has 2 aromatic rings. The summed E-state index contributed by atoms with van der Waals surface area (Å²) in [6.45, 7) is 0. The Kier molecular flexibility index (Phi) is 6.18. The van der Waals surface area contributed by atoms with E-state index in [-0.39, 0.29) is 11.5 Å². The quantitative estimate of drug-likeness (QED) is 0.629. The Balaban J connectivity index is 2.20. The molecule has 0 saturated carbocycles. The maximum Gasteiger partial charge on any atom is 0.266 e. The van der Waals surface area contributed by atoms with Crippen molar-refractivity contribution in [1.29, 1.82) is 5.26 Å². The average molecular weight is 374 g/mol. The standard InChI is InChI=1S/C18H13Cl2N3O2/c1-22-17(24)12-4-2-11(3-5-12)6-13(10-21)18(25)23-16-8-14(19)7-15(20)9-16/h2-9H,1H3,(H,22,24)(H,23,25)/b13-6-. The zero-order valence-electron chi connectivity index (χ0n) is 13.1. The normalized spacial score (nSPS) is 10.7. The van der Waals surface area contributed by atoms with Crippen molar-refractivity contribution in [3.8, 4) is 6.07 Å². The molecule has 0 aliphatic rings. The molecule has 5 nitrogen and oxygen atoms in total. The molecule has 0 saturated heterocycles. The molecule has 0 radical (unpaired) electrons. The van der Waals surface area contributed by atoms with Gasteiger partial charge in [0, 0.05) is 28.3 Å². The first-order chi connectivity index (χ1) is 11.9. The van der Waals surface area contributed by atoms with E-state index >= 15 is 0 Å². The van der Waals surface area contributed by atoms with Crippen LogP contribution in [0, 0.1) is 11.3 Å². The number of benzene rings is 2. The third-order valence-corrected chi connectivity index (χ3v) is 3.63. The summed E-state index contributed by atoms with van der Waals surface area (Å²) in [6.07, 6.45) is 1.43. The molecule has 0 unspecified atom stereocenters. The van der Waals surface area contributed by atoms with Gasteiger partial charge in [0.2, 0.25) is 0 Å². The molecule has 0 spiro atoms. The molecule has 126 valence electrons. The van der Waals surface area contributed by atoms with Crippen molar-refractivity contribution < 1.29 is 9.59 Å². The highest BCUT2D eigenvalue weighted by molar-refractivity contribution is 6.35. The largest absolute Gasteiger partial charge is 0.355 e. The van der Waals surface area contributed by atoms with Crippen molar-refractivity contribution in [2.75, 3.05) is 12.4 Å². The zero-order chi connectivity index (χ0) is 18.4. The van der Waals surface area contributed by atoms with Gasteiger partial charge in [0.1, 0.15) is 11.6 Å². The third-order valence-electron chi connectivity index (χ3n) is 3.20. The van der Waals surface area contributed by atoms with Gasteiger partial charge < -0.3 is 10.6 Å². The molecule has 0 heterocycles. The predicted molar refractivity (Wildman–Crippen MR) is 98.5 cm³/mol. The lowest BCUT2D eigenvalue weighted by atomic mass is 10.1. The van der Waals surface area contributed by atoms with E-state index in [9.17, 15) is 14.9 Å². The molecule has 2 N–H and O–H groups in total. The highest BCUT2D eigenvalue weighted by Gasteiger charge is 2.11. The van der Waals surface area contributed by atoms with E-state index in [1.165, 1.54) is 31.3 Å². The van der Waals surface area contributed by atoms with Crippen molar-refractivity contribution in [1.82, 2.24) is 5.32 Å². The molecule has 2 aromatic carbocycles. The lowest BCUT2D eigenvalue weighted by Crippen LogP contribution is -2.17. The van der Waals surface area contributed by atoms with Crippen molar-refractivity contribution >= 4 is 46.8 Å². The summed E-state index contributed by atoms with van der Waals surface area (Å²) < 4.78 is 0. The Bertz CT molecular complexity index is 864. The van der Waals surface area contributed by atoms with Crippen LogP contribution in [-0.4, -0.2) is 18.9 Å². The minimum atomic E-state index is -0.587. The van der Waals surface area contributed by atoms with E-state index in [1.54, 1.807) is 24.3 Å². The number of nitrogens with zero attached hydrogens (tertiary/aromatic N) is 1. The van der Waals surface area contributed by atoms with E-state index in [2.05, 4.69) is 10.6 Å². The molecule has 0 bridgehead atoms. The second-order valence-corrected chi connectivity index (χ2v) is 5.86. The van der Waals surface area contributed by atoms with E-state index < -0.39 is 5.91 Å². The Hall–Kier alpha value is -2.81. The van der Waals surface area contributed by atoms with E-state index in [0.29, 0.717) is 26.9 Å². The Labute approximate surface area is 154 Å². The van der Waals surface area contributed by atoms with Crippen LogP contribution in [0.2, 0.25) is 10.0 Å². The van der Waals surface area contributed by atoms with Crippen molar-refractivity contribution in [3.05, 3.63) is 69.2 Å². The Morgan fingerprint density at radius 2 is 1.68 bits per heavy atom. The molecule has 2 amide bonds. The van der Waals surface area contributed by atoms with Crippen LogP contribution in [-0.2, 0) is 4.79 Å². The fraction of sp³-hybridized carbons (Fsp3) is 0.0556. The molecular weight excluding hydrogens is 361 g/mol. The second kappa shape index (κ2) is 8.34. The zero-order valence-corrected chi connectivity index (χ0v) is 14.7. The van der Waals surface area contributed by atoms with Gasteiger partial charge in [-0.05, 0) is 42.0 Å². The molecular formula is C18H13Cl2N3O2. The highest BCUT2D eigenvalue weighted by Crippen LogP contribution is 2.23. The van der Waals surface area contributed by atoms with Crippen LogP contribution in [0.15, 0.2) is 48.0 Å². The van der Waals surface area contributed by atoms with E-state index in [1.807, 2.05) is 6.07 Å². The van der Waals surface area contributed by atoms with Crippen molar-refractivity contribution in [2.24, 2.45) is 0 Å². The maximum atomic E-state index is 12.2. The minimum absolute atomic E-state index is 0.0937. The number of hydrogen-bond acceptors (Lipinski definition) is 3. The summed E-state index contributed by atoms with van der Waals surface area (Å²) in [5.41, 5.74) is 1.39. The Morgan fingerprint density at radius 3 is 2.20 bits per heavy atom. The summed E-state index contributed by atoms with van der Waals surface area (Å²) >= 11 is 11.8. The summed E-state index contributed by atoms with van der Waals surface area (Å²) in [4.78, 5) is 23.7. The highest BCUT2D eigenvalue weighted by atomic mass is 35.5. The van der Waals surface area contributed by atoms with Gasteiger partial charge in [-0.25, -0.2) is 0 Å². The monoisotopic (exact) mass is 373 g/mol. The van der Waals surface area contributed by atoms with Gasteiger partial charge in [0.05, 0.1) is 0 Å². The number of halogens is 2. The van der Waals surface area contributed by atoms with Crippen LogP contribution in [0.25, 0.3) is 6.08 Å². The first-order valence-electron chi connectivity index (χ1n) is 7.14. The summed E-state index contributed by atoms with van der Waals surface area (Å²) in [7, 11) is 1.54. The second-order valence-electron chi connectivity index (χ2n) is 4.98. The summed E-state index contributed by atoms with van der Waals surface area (Å²) in [6, 6.07) is 12.9. The lowest BCUT2D eigenvalue weighted by molar-refractivity contribution is -0.112. The van der Waals surface area contributed by atoms with Crippen molar-refractivity contribution in [2.45, 2.75) is 0 Å². The molecule has 7 heteroatoms. The van der Waals surface area contributed by atoms with Crippen LogP contribution in [0.3, 0.4) is 0 Å². The fourth-order valence-electron chi connectivity index (χ4n) is 2.01. The fourth-order valence-corrected chi connectivity index (χ4v) is 2.54. The maximum absolute atomic E-state index is 12.2. The molecule has 0 atom stereocenters. The third kappa shape index (κ3) is 5.08. The smallest absolute Gasteiger partial charge is 0.266 e. The molecule has 25 heavy (non-hydrogen) atoms. The molecule has 0 fully saturated rings. The van der Waals surface area contributed by atoms with Crippen LogP contribution in [0.4, 0.5) is 5.69 Å². The molecule has 2 rings (SSSR count). The van der Waals surface area contributed by atoms with Gasteiger partial charge in [-0.2, -0.15) is 5.26 Å². The number of rotatable bonds is 4. The number of nitrogens with one attached hydrogen (secondary N) is 2. The van der Waals surface area contributed by atoms with Crippen LogP contribution in [0.1, 0.15) is 15.9 Å². The first kappa shape index (κ1) is 18.5. The predicted octanol–water partition coefficient (Wildman–Crippen LogP) is 3.90. The summed E-state index contributed by atoms with van der Waals surface area (Å²) in [5, 5.41) is 15.1. The Morgan fingerprint density at radius 1 is 1.08 bits per heavy atom. The van der Waals surface area contributed by atoms with Gasteiger partial charge in [-0.3, -0.25) is 9.59 Å². The van der Waals surface area contributed by atoms with E-state index in [0.717, 1.165) is 0 Å². The lowest BCUT2D eigenvalue weighted by Gasteiger charge is -2.06. The SMILES string of the molecule is CNC(=O)c1ccc(/C=C(/C#N)C(=O)Nc2cc(Cl)cc(Cl)c2)cc1. The van der Waals surface area contributed by atoms with Crippen LogP contribution < -0.4 is 10.6 Å². The average Bonchev–Trinajstić information content (AvgIpc) is 2.58. The van der Waals surface area contributed by atoms with Gasteiger partial charge in [0.25, 0.3) is 11.8 Å². The topological polar surface area (TPSA) is 82.0 Å². The molecule has 0 aromatic heterocycles. The number of amides is 2. The van der Waals surface area contributed by atoms with Gasteiger partial charge in [-0.1, -0.05) is 35.3 Å². The van der Waals surface area contributed by atoms with Crippen LogP contribution >= 0.6 is 23.2 Å². The number of hydrogen-bond donors (Lipinski definition) is 2. The molecule has 0 aliphatic heterocycles. The van der Waals surface area contributed by atoms with Gasteiger partial charge in [0.15, 0.2) is 0 Å². The summed E-state index contributed by atoms with van der Waals surface area (Å²) in [5.74, 6) is -0.803.